The lowest BCUT2D eigenvalue weighted by Gasteiger charge is -2.26. The van der Waals surface area contributed by atoms with Crippen LogP contribution in [0.25, 0.3) is 0 Å². The smallest absolute Gasteiger partial charge is 0.214 e. The van der Waals surface area contributed by atoms with Crippen LogP contribution in [0.2, 0.25) is 6.32 Å². The van der Waals surface area contributed by atoms with Crippen LogP contribution in [-0.4, -0.2) is 10.9 Å². The number of hydrogen-bond acceptors (Lipinski definition) is 2. The number of hydrogen-bond donors (Lipinski definition) is 1. The van der Waals surface area contributed by atoms with Gasteiger partial charge in [-0.05, 0) is 23.7 Å². The van der Waals surface area contributed by atoms with E-state index in [9.17, 15) is 4.21 Å². The molecule has 2 aromatic carbocycles. The Hall–Kier alpha value is -1.55. The summed E-state index contributed by atoms with van der Waals surface area (Å²) in [5, 5.41) is 0. The average Bonchev–Trinajstić information content (AvgIpc) is 2.41. The fourth-order valence-electron chi connectivity index (χ4n) is 2.73. The third kappa shape index (κ3) is 1.52. The summed E-state index contributed by atoms with van der Waals surface area (Å²) in [4.78, 5) is 1.81. The van der Waals surface area contributed by atoms with Gasteiger partial charge in [-0.2, -0.15) is 0 Å². The Labute approximate surface area is 110 Å². The fourth-order valence-corrected chi connectivity index (χ4v) is 4.26. The van der Waals surface area contributed by atoms with E-state index in [0.29, 0.717) is 0 Å². The van der Waals surface area contributed by atoms with Gasteiger partial charge in [-0.25, -0.2) is 4.21 Å². The van der Waals surface area contributed by atoms with Crippen LogP contribution in [0.4, 0.5) is 5.69 Å². The first-order valence-corrected chi connectivity index (χ1v) is 7.28. The van der Waals surface area contributed by atoms with Gasteiger partial charge in [0.2, 0.25) is 6.71 Å². The standard InChI is InChI=1S/C14H14BNOS/c1-2-15-10-6-3-4-8-12(10)18(17)13-9-5-7-11(16)14(13)15/h3-9H,2,16H2,1H3. The maximum absolute atomic E-state index is 12.6. The molecule has 1 unspecified atom stereocenters. The highest BCUT2D eigenvalue weighted by Crippen LogP contribution is 2.22. The molecule has 90 valence electrons. The van der Waals surface area contributed by atoms with Crippen LogP contribution in [0.1, 0.15) is 6.92 Å². The first kappa shape index (κ1) is 11.5. The number of anilines is 1. The van der Waals surface area contributed by atoms with Crippen molar-refractivity contribution in [1.82, 2.24) is 0 Å². The lowest BCUT2D eigenvalue weighted by Crippen LogP contribution is -2.49. The summed E-state index contributed by atoms with van der Waals surface area (Å²) in [6.45, 7) is 2.40. The predicted molar refractivity (Wildman–Crippen MR) is 77.5 cm³/mol. The molecule has 0 spiro atoms. The van der Waals surface area contributed by atoms with E-state index in [0.717, 1.165) is 32.7 Å². The summed E-state index contributed by atoms with van der Waals surface area (Å²) in [7, 11) is -1.10. The van der Waals surface area contributed by atoms with Gasteiger partial charge in [0, 0.05) is 15.5 Å². The zero-order chi connectivity index (χ0) is 12.7. The number of fused-ring (bicyclic) bond motifs is 2. The topological polar surface area (TPSA) is 43.1 Å². The monoisotopic (exact) mass is 255 g/mol. The van der Waals surface area contributed by atoms with Crippen molar-refractivity contribution in [3.8, 4) is 0 Å². The Morgan fingerprint density at radius 2 is 1.83 bits per heavy atom. The quantitative estimate of drug-likeness (QED) is 0.618. The van der Waals surface area contributed by atoms with E-state index in [2.05, 4.69) is 13.0 Å². The van der Waals surface area contributed by atoms with Gasteiger partial charge in [-0.1, -0.05) is 43.0 Å². The molecule has 0 radical (unpaired) electrons. The van der Waals surface area contributed by atoms with Crippen molar-refractivity contribution in [3.63, 3.8) is 0 Å². The van der Waals surface area contributed by atoms with Gasteiger partial charge < -0.3 is 5.73 Å². The molecule has 3 rings (SSSR count). The van der Waals surface area contributed by atoms with Crippen molar-refractivity contribution in [2.45, 2.75) is 23.0 Å². The maximum atomic E-state index is 12.6. The van der Waals surface area contributed by atoms with E-state index in [4.69, 9.17) is 5.73 Å². The van der Waals surface area contributed by atoms with Gasteiger partial charge in [0.25, 0.3) is 0 Å². The largest absolute Gasteiger partial charge is 0.399 e. The second-order valence-corrected chi connectivity index (χ2v) is 5.94. The van der Waals surface area contributed by atoms with E-state index in [1.54, 1.807) is 0 Å². The molecule has 2 nitrogen and oxygen atoms in total. The van der Waals surface area contributed by atoms with E-state index in [-0.39, 0.29) is 6.71 Å². The van der Waals surface area contributed by atoms with Crippen molar-refractivity contribution in [1.29, 1.82) is 0 Å². The summed E-state index contributed by atoms with van der Waals surface area (Å²) >= 11 is 0. The summed E-state index contributed by atoms with van der Waals surface area (Å²) in [6.07, 6.45) is 0.968. The minimum Gasteiger partial charge on any atom is -0.399 e. The normalized spacial score (nSPS) is 17.2. The molecule has 0 fully saturated rings. The second-order valence-electron chi connectivity index (χ2n) is 4.53. The highest BCUT2D eigenvalue weighted by molar-refractivity contribution is 7.86. The minimum atomic E-state index is -1.10. The predicted octanol–water partition coefficient (Wildman–Crippen LogP) is 1.38. The fraction of sp³-hybridized carbons (Fsp3) is 0.143. The van der Waals surface area contributed by atoms with Crippen LogP contribution in [-0.2, 0) is 10.8 Å². The molecule has 0 aromatic heterocycles. The number of rotatable bonds is 1. The Kier molecular flexibility index (Phi) is 2.75. The van der Waals surface area contributed by atoms with Crippen molar-refractivity contribution in [2.24, 2.45) is 0 Å². The summed E-state index contributed by atoms with van der Waals surface area (Å²) in [6, 6.07) is 13.7. The molecule has 4 heteroatoms. The molecule has 0 bridgehead atoms. The van der Waals surface area contributed by atoms with E-state index in [1.807, 2.05) is 36.4 Å². The van der Waals surface area contributed by atoms with Crippen molar-refractivity contribution < 1.29 is 4.21 Å². The molecule has 1 atom stereocenters. The van der Waals surface area contributed by atoms with Crippen LogP contribution in [0, 0.1) is 0 Å². The Morgan fingerprint density at radius 1 is 1.11 bits per heavy atom. The van der Waals surface area contributed by atoms with Gasteiger partial charge in [0.15, 0.2) is 0 Å². The van der Waals surface area contributed by atoms with Gasteiger partial charge in [0.1, 0.15) is 0 Å². The molecule has 2 N–H and O–H groups in total. The molecule has 1 aliphatic heterocycles. The van der Waals surface area contributed by atoms with Crippen LogP contribution in [0.5, 0.6) is 0 Å². The summed E-state index contributed by atoms with van der Waals surface area (Å²) in [5.74, 6) is 0. The Balaban J connectivity index is 2.33. The lowest BCUT2D eigenvalue weighted by molar-refractivity contribution is 0.683. The van der Waals surface area contributed by atoms with E-state index >= 15 is 0 Å². The van der Waals surface area contributed by atoms with Gasteiger partial charge in [-0.3, -0.25) is 0 Å². The Morgan fingerprint density at radius 3 is 2.61 bits per heavy atom. The number of benzene rings is 2. The van der Waals surface area contributed by atoms with Gasteiger partial charge >= 0.3 is 0 Å². The highest BCUT2D eigenvalue weighted by Gasteiger charge is 2.32. The highest BCUT2D eigenvalue weighted by atomic mass is 32.2. The SMILES string of the molecule is CCB1c2ccccc2S(=O)c2cccc(N)c21. The third-order valence-electron chi connectivity index (χ3n) is 3.55. The maximum Gasteiger partial charge on any atom is 0.214 e. The van der Waals surface area contributed by atoms with Crippen LogP contribution >= 0.6 is 0 Å². The molecule has 18 heavy (non-hydrogen) atoms. The summed E-state index contributed by atoms with van der Waals surface area (Å²) < 4.78 is 12.6. The molecule has 0 aliphatic carbocycles. The average molecular weight is 255 g/mol. The lowest BCUT2D eigenvalue weighted by atomic mass is 9.38. The zero-order valence-electron chi connectivity index (χ0n) is 10.2. The second kappa shape index (κ2) is 4.28. The van der Waals surface area contributed by atoms with Crippen molar-refractivity contribution in [2.75, 3.05) is 5.73 Å². The minimum absolute atomic E-state index is 0.259. The zero-order valence-corrected chi connectivity index (χ0v) is 11.0. The molecule has 2 aromatic rings. The van der Waals surface area contributed by atoms with Crippen molar-refractivity contribution in [3.05, 3.63) is 42.5 Å². The number of nitrogen functional groups attached to an aromatic ring is 1. The first-order valence-electron chi connectivity index (χ1n) is 6.13. The molecule has 0 amide bonds. The summed E-state index contributed by atoms with van der Waals surface area (Å²) in [5.41, 5.74) is 9.05. The van der Waals surface area contributed by atoms with E-state index in [1.165, 1.54) is 0 Å². The molecular weight excluding hydrogens is 241 g/mol. The van der Waals surface area contributed by atoms with Crippen LogP contribution in [0.15, 0.2) is 52.3 Å². The van der Waals surface area contributed by atoms with Crippen LogP contribution in [0.3, 0.4) is 0 Å². The third-order valence-corrected chi connectivity index (χ3v) is 5.08. The molecule has 0 saturated carbocycles. The first-order chi connectivity index (χ1) is 8.74. The molecule has 1 heterocycles. The van der Waals surface area contributed by atoms with E-state index < -0.39 is 10.8 Å². The van der Waals surface area contributed by atoms with Gasteiger partial charge in [0.05, 0.1) is 10.8 Å². The van der Waals surface area contributed by atoms with Crippen LogP contribution < -0.4 is 16.7 Å². The van der Waals surface area contributed by atoms with Crippen molar-refractivity contribution >= 4 is 34.1 Å². The molecule has 0 saturated heterocycles. The van der Waals surface area contributed by atoms with Gasteiger partial charge in [-0.15, -0.1) is 0 Å². The molecular formula is C14H14BNOS. The number of nitrogens with two attached hydrogens (primary N) is 1. The molecule has 1 aliphatic rings. The Bertz CT molecular complexity index is 641.